The zero-order chi connectivity index (χ0) is 12.3. The summed E-state index contributed by atoms with van der Waals surface area (Å²) in [4.78, 5) is 10.8. The van der Waals surface area contributed by atoms with E-state index in [4.69, 9.17) is 5.73 Å². The van der Waals surface area contributed by atoms with Gasteiger partial charge in [-0.2, -0.15) is 0 Å². The predicted molar refractivity (Wildman–Crippen MR) is 63.1 cm³/mol. The van der Waals surface area contributed by atoms with Gasteiger partial charge in [-0.05, 0) is 24.5 Å². The molecule has 1 unspecified atom stereocenters. The van der Waals surface area contributed by atoms with Crippen LogP contribution in [0.3, 0.4) is 0 Å². The van der Waals surface area contributed by atoms with E-state index >= 15 is 0 Å². The Morgan fingerprint density at radius 2 is 2.00 bits per heavy atom. The molecule has 0 fully saturated rings. The number of amides is 1. The van der Waals surface area contributed by atoms with Crippen molar-refractivity contribution >= 4 is 11.7 Å². The maximum Gasteiger partial charge on any atom is 0.269 e. The van der Waals surface area contributed by atoms with Gasteiger partial charge in [0.2, 0.25) is 0 Å². The van der Waals surface area contributed by atoms with E-state index in [2.05, 4.69) is 43.2 Å². The fourth-order valence-electron chi connectivity index (χ4n) is 0.979. The Bertz CT molecular complexity index is 367. The largest absolute Gasteiger partial charge is 0.366 e. The van der Waals surface area contributed by atoms with Gasteiger partial charge in [0, 0.05) is 6.04 Å². The molecular formula is C11H18N4O. The van der Waals surface area contributed by atoms with Gasteiger partial charge in [-0.1, -0.05) is 20.8 Å². The number of carbonyl (C=O) groups is 1. The molecule has 0 spiro atoms. The molecule has 0 aliphatic carbocycles. The molecule has 1 aromatic rings. The quantitative estimate of drug-likeness (QED) is 0.810. The molecule has 0 saturated carbocycles. The second kappa shape index (κ2) is 4.47. The zero-order valence-electron chi connectivity index (χ0n) is 10.1. The van der Waals surface area contributed by atoms with Crippen LogP contribution in [0.15, 0.2) is 12.1 Å². The number of primary amides is 1. The SMILES string of the molecule is CC(Nc1ccc(C(N)=O)nn1)C(C)(C)C. The van der Waals surface area contributed by atoms with E-state index in [-0.39, 0.29) is 17.2 Å². The highest BCUT2D eigenvalue weighted by Gasteiger charge is 2.20. The summed E-state index contributed by atoms with van der Waals surface area (Å²) in [6.45, 7) is 8.48. The van der Waals surface area contributed by atoms with Crippen LogP contribution in [-0.4, -0.2) is 22.1 Å². The molecule has 5 heteroatoms. The first kappa shape index (κ1) is 12.4. The van der Waals surface area contributed by atoms with Gasteiger partial charge >= 0.3 is 0 Å². The number of hydrogen-bond acceptors (Lipinski definition) is 4. The van der Waals surface area contributed by atoms with Gasteiger partial charge in [-0.15, -0.1) is 10.2 Å². The van der Waals surface area contributed by atoms with E-state index in [0.29, 0.717) is 5.82 Å². The van der Waals surface area contributed by atoms with E-state index in [9.17, 15) is 4.79 Å². The van der Waals surface area contributed by atoms with Crippen LogP contribution in [0.2, 0.25) is 0 Å². The monoisotopic (exact) mass is 222 g/mol. The van der Waals surface area contributed by atoms with Crippen molar-refractivity contribution in [3.05, 3.63) is 17.8 Å². The standard InChI is InChI=1S/C11H18N4O/c1-7(11(2,3)4)13-9-6-5-8(10(12)16)14-15-9/h5-7H,1-4H3,(H2,12,16)(H,13,15). The van der Waals surface area contributed by atoms with Crippen molar-refractivity contribution in [1.29, 1.82) is 0 Å². The molecule has 5 nitrogen and oxygen atoms in total. The number of aromatic nitrogens is 2. The van der Waals surface area contributed by atoms with Crippen LogP contribution in [0, 0.1) is 5.41 Å². The van der Waals surface area contributed by atoms with Crippen molar-refractivity contribution in [2.45, 2.75) is 33.7 Å². The van der Waals surface area contributed by atoms with Crippen LogP contribution in [0.25, 0.3) is 0 Å². The second-order valence-electron chi connectivity index (χ2n) is 4.90. The normalized spacial score (nSPS) is 13.2. The first-order valence-corrected chi connectivity index (χ1v) is 5.21. The summed E-state index contributed by atoms with van der Waals surface area (Å²) in [5.74, 6) is 0.0790. The maximum absolute atomic E-state index is 10.8. The average molecular weight is 222 g/mol. The van der Waals surface area contributed by atoms with Crippen molar-refractivity contribution in [3.8, 4) is 0 Å². The van der Waals surface area contributed by atoms with Gasteiger partial charge in [-0.25, -0.2) is 0 Å². The molecule has 0 aliphatic heterocycles. The van der Waals surface area contributed by atoms with Crippen LogP contribution in [0.5, 0.6) is 0 Å². The number of nitrogens with two attached hydrogens (primary N) is 1. The summed E-state index contributed by atoms with van der Waals surface area (Å²) < 4.78 is 0. The van der Waals surface area contributed by atoms with E-state index in [1.807, 2.05) is 0 Å². The first-order valence-electron chi connectivity index (χ1n) is 5.21. The van der Waals surface area contributed by atoms with Gasteiger partial charge < -0.3 is 11.1 Å². The Balaban J connectivity index is 2.73. The molecule has 0 bridgehead atoms. The molecule has 1 heterocycles. The molecule has 3 N–H and O–H groups in total. The molecule has 1 amide bonds. The topological polar surface area (TPSA) is 80.9 Å². The fraction of sp³-hybridized carbons (Fsp3) is 0.545. The molecule has 16 heavy (non-hydrogen) atoms. The molecule has 1 atom stereocenters. The van der Waals surface area contributed by atoms with E-state index in [0.717, 1.165) is 0 Å². The van der Waals surface area contributed by atoms with E-state index < -0.39 is 5.91 Å². The highest BCUT2D eigenvalue weighted by molar-refractivity contribution is 5.90. The summed E-state index contributed by atoms with van der Waals surface area (Å²) in [6.07, 6.45) is 0. The molecule has 0 aromatic carbocycles. The number of nitrogens with one attached hydrogen (secondary N) is 1. The predicted octanol–water partition coefficient (Wildman–Crippen LogP) is 1.42. The Labute approximate surface area is 95.4 Å². The van der Waals surface area contributed by atoms with Gasteiger partial charge in [-0.3, -0.25) is 4.79 Å². The van der Waals surface area contributed by atoms with Gasteiger partial charge in [0.1, 0.15) is 5.82 Å². The Morgan fingerprint density at radius 3 is 2.38 bits per heavy atom. The van der Waals surface area contributed by atoms with E-state index in [1.165, 1.54) is 0 Å². The summed E-state index contributed by atoms with van der Waals surface area (Å²) in [5, 5.41) is 10.8. The molecule has 88 valence electrons. The van der Waals surface area contributed by atoms with Crippen molar-refractivity contribution in [2.24, 2.45) is 11.1 Å². The van der Waals surface area contributed by atoms with Crippen LogP contribution >= 0.6 is 0 Å². The zero-order valence-corrected chi connectivity index (χ0v) is 10.1. The number of hydrogen-bond donors (Lipinski definition) is 2. The Morgan fingerprint density at radius 1 is 1.38 bits per heavy atom. The molecule has 0 saturated heterocycles. The van der Waals surface area contributed by atoms with Crippen LogP contribution in [-0.2, 0) is 0 Å². The maximum atomic E-state index is 10.8. The fourth-order valence-corrected chi connectivity index (χ4v) is 0.979. The minimum Gasteiger partial charge on any atom is -0.366 e. The van der Waals surface area contributed by atoms with Crippen molar-refractivity contribution in [2.75, 3.05) is 5.32 Å². The van der Waals surface area contributed by atoms with Crippen molar-refractivity contribution in [1.82, 2.24) is 10.2 Å². The highest BCUT2D eigenvalue weighted by atomic mass is 16.1. The minimum atomic E-state index is -0.567. The van der Waals surface area contributed by atoms with E-state index in [1.54, 1.807) is 12.1 Å². The Kier molecular flexibility index (Phi) is 3.47. The number of carbonyl (C=O) groups excluding carboxylic acids is 1. The van der Waals surface area contributed by atoms with Crippen LogP contribution < -0.4 is 11.1 Å². The number of rotatable bonds is 3. The average Bonchev–Trinajstić information content (AvgIpc) is 2.17. The second-order valence-corrected chi connectivity index (χ2v) is 4.90. The molecule has 1 rings (SSSR count). The summed E-state index contributed by atoms with van der Waals surface area (Å²) in [6, 6.07) is 3.52. The third-order valence-electron chi connectivity index (χ3n) is 2.58. The summed E-state index contributed by atoms with van der Waals surface area (Å²) in [5.41, 5.74) is 5.38. The lowest BCUT2D eigenvalue weighted by atomic mass is 9.88. The third-order valence-corrected chi connectivity index (χ3v) is 2.58. The lowest BCUT2D eigenvalue weighted by molar-refractivity contribution is 0.0994. The summed E-state index contributed by atoms with van der Waals surface area (Å²) >= 11 is 0. The number of anilines is 1. The first-order chi connectivity index (χ1) is 7.30. The smallest absolute Gasteiger partial charge is 0.269 e. The van der Waals surface area contributed by atoms with Crippen molar-refractivity contribution in [3.63, 3.8) is 0 Å². The molecule has 0 radical (unpaired) electrons. The lowest BCUT2D eigenvalue weighted by Crippen LogP contribution is -2.31. The Hall–Kier alpha value is -1.65. The molecule has 1 aromatic heterocycles. The minimum absolute atomic E-state index is 0.129. The van der Waals surface area contributed by atoms with Crippen molar-refractivity contribution < 1.29 is 4.79 Å². The van der Waals surface area contributed by atoms with Crippen LogP contribution in [0.1, 0.15) is 38.2 Å². The molecule has 0 aliphatic rings. The van der Waals surface area contributed by atoms with Gasteiger partial charge in [0.05, 0.1) is 0 Å². The molecular weight excluding hydrogens is 204 g/mol. The third kappa shape index (κ3) is 3.18. The highest BCUT2D eigenvalue weighted by Crippen LogP contribution is 2.21. The summed E-state index contributed by atoms with van der Waals surface area (Å²) in [7, 11) is 0. The van der Waals surface area contributed by atoms with Gasteiger partial charge in [0.15, 0.2) is 5.69 Å². The van der Waals surface area contributed by atoms with Crippen LogP contribution in [0.4, 0.5) is 5.82 Å². The van der Waals surface area contributed by atoms with Gasteiger partial charge in [0.25, 0.3) is 5.91 Å². The lowest BCUT2D eigenvalue weighted by Gasteiger charge is -2.28. The number of nitrogens with zero attached hydrogens (tertiary/aromatic N) is 2.